The zero-order chi connectivity index (χ0) is 15.5. The number of nitriles is 1. The number of carbonyl (C=O) groups excluding carboxylic acids is 1. The van der Waals surface area contributed by atoms with Gasteiger partial charge >= 0.3 is 0 Å². The van der Waals surface area contributed by atoms with Crippen LogP contribution in [0.4, 0.5) is 0 Å². The molecule has 1 aromatic heterocycles. The van der Waals surface area contributed by atoms with E-state index in [1.807, 2.05) is 0 Å². The first-order chi connectivity index (χ1) is 10.7. The van der Waals surface area contributed by atoms with Gasteiger partial charge in [-0.2, -0.15) is 5.26 Å². The van der Waals surface area contributed by atoms with E-state index in [1.54, 1.807) is 48.5 Å². The Kier molecular flexibility index (Phi) is 3.73. The molecule has 5 heteroatoms. The lowest BCUT2D eigenvalue weighted by molar-refractivity contribution is 0.103. The van der Waals surface area contributed by atoms with Crippen molar-refractivity contribution in [3.8, 4) is 17.5 Å². The van der Waals surface area contributed by atoms with Crippen LogP contribution in [0.2, 0.25) is 5.02 Å². The van der Waals surface area contributed by atoms with Gasteiger partial charge in [0.25, 0.3) is 0 Å². The maximum atomic E-state index is 12.3. The molecule has 3 aromatic rings. The molecule has 4 nitrogen and oxygen atoms in total. The van der Waals surface area contributed by atoms with Crippen LogP contribution in [0, 0.1) is 11.3 Å². The second kappa shape index (κ2) is 5.84. The Labute approximate surface area is 132 Å². The zero-order valence-electron chi connectivity index (χ0n) is 11.4. The van der Waals surface area contributed by atoms with Gasteiger partial charge in [-0.15, -0.1) is 0 Å². The Bertz CT molecular complexity index is 858. The Morgan fingerprint density at radius 1 is 1.09 bits per heavy atom. The van der Waals surface area contributed by atoms with Gasteiger partial charge in [-0.3, -0.25) is 4.79 Å². The highest BCUT2D eigenvalue weighted by atomic mass is 35.5. The Balaban J connectivity index is 1.88. The molecule has 0 atom stereocenters. The molecule has 1 N–H and O–H groups in total. The fraction of sp³-hybridized carbons (Fsp3) is 0. The first kappa shape index (κ1) is 14.1. The van der Waals surface area contributed by atoms with Crippen LogP contribution in [0.25, 0.3) is 11.4 Å². The molecule has 0 bridgehead atoms. The Hall–Kier alpha value is -2.90. The molecule has 1 heterocycles. The lowest BCUT2D eigenvalue weighted by atomic mass is 10.1. The van der Waals surface area contributed by atoms with Gasteiger partial charge in [0.2, 0.25) is 5.78 Å². The van der Waals surface area contributed by atoms with Crippen LogP contribution < -0.4 is 0 Å². The van der Waals surface area contributed by atoms with Crippen LogP contribution in [0.1, 0.15) is 21.6 Å². The van der Waals surface area contributed by atoms with E-state index < -0.39 is 0 Å². The summed E-state index contributed by atoms with van der Waals surface area (Å²) in [7, 11) is 0. The number of benzene rings is 2. The Morgan fingerprint density at radius 2 is 1.77 bits per heavy atom. The molecule has 0 spiro atoms. The van der Waals surface area contributed by atoms with Crippen LogP contribution in [-0.4, -0.2) is 15.8 Å². The average molecular weight is 308 g/mol. The largest absolute Gasteiger partial charge is 0.335 e. The minimum absolute atomic E-state index is 0.149. The molecular weight excluding hydrogens is 298 g/mol. The standard InChI is InChI=1S/C17H10ClN3O/c18-14-7-5-12(6-8-14)16(22)15-10-20-17(21-15)13-3-1-11(9-19)2-4-13/h1-8,10H,(H,20,21). The summed E-state index contributed by atoms with van der Waals surface area (Å²) in [4.78, 5) is 19.6. The number of halogens is 1. The highest BCUT2D eigenvalue weighted by molar-refractivity contribution is 6.30. The molecule has 106 valence electrons. The van der Waals surface area contributed by atoms with Crippen molar-refractivity contribution >= 4 is 17.4 Å². The molecule has 0 unspecified atom stereocenters. The van der Waals surface area contributed by atoms with Crippen LogP contribution in [0.3, 0.4) is 0 Å². The number of carbonyl (C=O) groups is 1. The molecule has 3 rings (SSSR count). The molecule has 0 radical (unpaired) electrons. The number of nitrogens with zero attached hydrogens (tertiary/aromatic N) is 2. The topological polar surface area (TPSA) is 69.5 Å². The van der Waals surface area contributed by atoms with Gasteiger partial charge < -0.3 is 4.98 Å². The van der Waals surface area contributed by atoms with Gasteiger partial charge in [0.1, 0.15) is 11.5 Å². The minimum atomic E-state index is -0.149. The van der Waals surface area contributed by atoms with Gasteiger partial charge in [0.05, 0.1) is 17.8 Å². The second-order valence-corrected chi connectivity index (χ2v) is 5.11. The van der Waals surface area contributed by atoms with Crippen LogP contribution in [0.5, 0.6) is 0 Å². The van der Waals surface area contributed by atoms with E-state index in [1.165, 1.54) is 6.20 Å². The molecular formula is C17H10ClN3O. The summed E-state index contributed by atoms with van der Waals surface area (Å²) in [5.74, 6) is 0.436. The number of hydrogen-bond acceptors (Lipinski definition) is 3. The van der Waals surface area contributed by atoms with E-state index in [-0.39, 0.29) is 5.78 Å². The summed E-state index contributed by atoms with van der Waals surface area (Å²) >= 11 is 5.82. The Morgan fingerprint density at radius 3 is 2.41 bits per heavy atom. The van der Waals surface area contributed by atoms with Crippen molar-refractivity contribution in [2.75, 3.05) is 0 Å². The lowest BCUT2D eigenvalue weighted by Crippen LogP contribution is -2.01. The zero-order valence-corrected chi connectivity index (χ0v) is 12.1. The summed E-state index contributed by atoms with van der Waals surface area (Å²) < 4.78 is 0. The number of nitrogens with one attached hydrogen (secondary N) is 1. The molecule has 2 aromatic carbocycles. The molecule has 0 fully saturated rings. The van der Waals surface area contributed by atoms with Crippen LogP contribution >= 0.6 is 11.6 Å². The van der Waals surface area contributed by atoms with Gasteiger partial charge in [-0.05, 0) is 48.5 Å². The third-order valence-corrected chi connectivity index (χ3v) is 3.47. The van der Waals surface area contributed by atoms with Crippen molar-refractivity contribution < 1.29 is 4.79 Å². The highest BCUT2D eigenvalue weighted by Gasteiger charge is 2.13. The summed E-state index contributed by atoms with van der Waals surface area (Å²) in [6, 6.07) is 15.7. The summed E-state index contributed by atoms with van der Waals surface area (Å²) in [6.45, 7) is 0. The van der Waals surface area contributed by atoms with Gasteiger partial charge in [-0.25, -0.2) is 4.98 Å². The number of ketones is 1. The van der Waals surface area contributed by atoms with E-state index in [2.05, 4.69) is 16.0 Å². The SMILES string of the molecule is N#Cc1ccc(-c2ncc(C(=O)c3ccc(Cl)cc3)[nH]2)cc1. The maximum absolute atomic E-state index is 12.3. The van der Waals surface area contributed by atoms with Crippen molar-refractivity contribution in [3.05, 3.63) is 76.6 Å². The summed E-state index contributed by atoms with van der Waals surface area (Å²) in [5, 5.41) is 9.38. The van der Waals surface area contributed by atoms with Crippen molar-refractivity contribution in [2.45, 2.75) is 0 Å². The van der Waals surface area contributed by atoms with Gasteiger partial charge in [0, 0.05) is 16.1 Å². The van der Waals surface area contributed by atoms with Crippen molar-refractivity contribution in [1.82, 2.24) is 9.97 Å². The van der Waals surface area contributed by atoms with Gasteiger partial charge in [0.15, 0.2) is 0 Å². The first-order valence-corrected chi connectivity index (χ1v) is 6.91. The number of rotatable bonds is 3. The predicted octanol–water partition coefficient (Wildman–Crippen LogP) is 3.83. The van der Waals surface area contributed by atoms with E-state index in [9.17, 15) is 4.79 Å². The highest BCUT2D eigenvalue weighted by Crippen LogP contribution is 2.18. The quantitative estimate of drug-likeness (QED) is 0.747. The number of aromatic amines is 1. The lowest BCUT2D eigenvalue weighted by Gasteiger charge is -1.99. The van der Waals surface area contributed by atoms with Crippen molar-refractivity contribution in [2.24, 2.45) is 0 Å². The number of imidazole rings is 1. The summed E-state index contributed by atoms with van der Waals surface area (Å²) in [6.07, 6.45) is 1.50. The minimum Gasteiger partial charge on any atom is -0.335 e. The van der Waals surface area contributed by atoms with E-state index in [0.29, 0.717) is 27.7 Å². The number of H-pyrrole nitrogens is 1. The molecule has 22 heavy (non-hydrogen) atoms. The van der Waals surface area contributed by atoms with Crippen LogP contribution in [-0.2, 0) is 0 Å². The van der Waals surface area contributed by atoms with Crippen LogP contribution in [0.15, 0.2) is 54.7 Å². The van der Waals surface area contributed by atoms with Crippen molar-refractivity contribution in [1.29, 1.82) is 5.26 Å². The second-order valence-electron chi connectivity index (χ2n) is 4.67. The molecule has 0 saturated carbocycles. The van der Waals surface area contributed by atoms with Crippen molar-refractivity contribution in [3.63, 3.8) is 0 Å². The molecule has 0 aliphatic heterocycles. The fourth-order valence-corrected chi connectivity index (χ4v) is 2.17. The van der Waals surface area contributed by atoms with Gasteiger partial charge in [-0.1, -0.05) is 11.6 Å². The monoisotopic (exact) mass is 307 g/mol. The third-order valence-electron chi connectivity index (χ3n) is 3.21. The summed E-state index contributed by atoms with van der Waals surface area (Å²) in [5.41, 5.74) is 2.34. The molecule has 0 saturated heterocycles. The maximum Gasteiger partial charge on any atom is 0.210 e. The molecule has 0 aliphatic rings. The first-order valence-electron chi connectivity index (χ1n) is 6.53. The number of hydrogen-bond donors (Lipinski definition) is 1. The predicted molar refractivity (Wildman–Crippen MR) is 83.6 cm³/mol. The van der Waals surface area contributed by atoms with E-state index in [4.69, 9.17) is 16.9 Å². The molecule has 0 amide bonds. The number of aromatic nitrogens is 2. The smallest absolute Gasteiger partial charge is 0.210 e. The van der Waals surface area contributed by atoms with E-state index >= 15 is 0 Å². The normalized spacial score (nSPS) is 10.2. The van der Waals surface area contributed by atoms with E-state index in [0.717, 1.165) is 5.56 Å². The fourth-order valence-electron chi connectivity index (χ4n) is 2.04. The average Bonchev–Trinajstić information content (AvgIpc) is 3.05. The molecule has 0 aliphatic carbocycles. The third kappa shape index (κ3) is 2.76.